The minimum atomic E-state index is -2.09. The molecule has 0 aromatic carbocycles. The van der Waals surface area contributed by atoms with Gasteiger partial charge in [-0.15, -0.1) is 0 Å². The minimum Gasteiger partial charge on any atom is -0.300 e. The highest BCUT2D eigenvalue weighted by molar-refractivity contribution is 5.75. The van der Waals surface area contributed by atoms with Gasteiger partial charge in [0.1, 0.15) is 5.78 Å². The summed E-state index contributed by atoms with van der Waals surface area (Å²) in [6.45, 7) is 3.36. The van der Waals surface area contributed by atoms with Crippen molar-refractivity contribution in [2.24, 2.45) is 0 Å². The van der Waals surface area contributed by atoms with Gasteiger partial charge in [-0.05, 0) is 51.7 Å². The molecule has 1 nitrogen and oxygen atoms in total. The average Bonchev–Trinajstić information content (AvgIpc) is 2.62. The number of rotatable bonds is 13. The number of Topliss-reactive ketones (excluding diaryl/α,β-unsaturated/α-hetero) is 1. The molecule has 0 radical (unpaired) electrons. The zero-order valence-electron chi connectivity index (χ0n) is 21.5. The summed E-state index contributed by atoms with van der Waals surface area (Å²) in [4.78, 5) is 10.9. The Bertz CT molecular complexity index is 685. The molecule has 0 bridgehead atoms. The Morgan fingerprint density at radius 1 is 0.773 bits per heavy atom. The first-order valence-electron chi connectivity index (χ1n) is 11.6. The van der Waals surface area contributed by atoms with Crippen molar-refractivity contribution in [2.75, 3.05) is 0 Å². The lowest BCUT2D eigenvalue weighted by Crippen LogP contribution is -1.87. The van der Waals surface area contributed by atoms with E-state index in [0.717, 1.165) is 36.5 Å². The summed E-state index contributed by atoms with van der Waals surface area (Å²) in [6, 6.07) is 0. The molecular weight excluding hydrogens is 268 g/mol. The van der Waals surface area contributed by atoms with Crippen molar-refractivity contribution in [3.05, 3.63) is 60.8 Å². The third kappa shape index (κ3) is 18.4. The van der Waals surface area contributed by atoms with Gasteiger partial charge in [0, 0.05) is 17.4 Å². The maximum atomic E-state index is 10.9. The van der Waals surface area contributed by atoms with Crippen LogP contribution in [0.4, 0.5) is 0 Å². The lowest BCUT2D eigenvalue weighted by atomic mass is 10.2. The summed E-state index contributed by atoms with van der Waals surface area (Å²) < 4.78 is 62.8. The van der Waals surface area contributed by atoms with E-state index in [-0.39, 0.29) is 5.78 Å². The highest BCUT2D eigenvalue weighted by Gasteiger charge is 1.89. The van der Waals surface area contributed by atoms with E-state index in [1.165, 1.54) is 19.1 Å². The fourth-order valence-corrected chi connectivity index (χ4v) is 1.32. The fraction of sp³-hybridized carbons (Fsp3) is 0.476. The lowest BCUT2D eigenvalue weighted by molar-refractivity contribution is -0.117. The molecule has 0 aromatic rings. The molecule has 0 rings (SSSR count). The molecule has 0 fully saturated rings. The Balaban J connectivity index is 5.01. The molecule has 0 spiro atoms. The molecule has 0 aliphatic heterocycles. The van der Waals surface area contributed by atoms with Gasteiger partial charge in [0.2, 0.25) is 0 Å². The molecule has 0 aliphatic carbocycles. The highest BCUT2D eigenvalue weighted by Crippen LogP contribution is 1.99. The summed E-state index contributed by atoms with van der Waals surface area (Å²) in [5, 5.41) is 0. The van der Waals surface area contributed by atoms with Gasteiger partial charge in [-0.1, -0.05) is 67.7 Å². The Morgan fingerprint density at radius 2 is 1.18 bits per heavy atom. The van der Waals surface area contributed by atoms with Gasteiger partial charge in [0.25, 0.3) is 0 Å². The SMILES string of the molecule is [2H]C([2H])(/C=C\CC)/C=C\C([2H])([2H])/C=C\C([2H])([2H])/C=C\C([2H])([2H])/C=C\CCCC(C)=O. The zero-order valence-corrected chi connectivity index (χ0v) is 13.5. The molecule has 22 heavy (non-hydrogen) atoms. The highest BCUT2D eigenvalue weighted by atomic mass is 16.1. The van der Waals surface area contributed by atoms with Crippen LogP contribution in [0.25, 0.3) is 0 Å². The van der Waals surface area contributed by atoms with Crippen molar-refractivity contribution in [1.29, 1.82) is 0 Å². The first-order valence-corrected chi connectivity index (χ1v) is 7.56. The Kier molecular flexibility index (Phi) is 8.08. The second-order valence-electron chi connectivity index (χ2n) is 4.47. The molecule has 0 aromatic heterocycles. The van der Waals surface area contributed by atoms with Crippen LogP contribution in [0.5, 0.6) is 0 Å². The number of unbranched alkanes of at least 4 members (excludes halogenated alkanes) is 1. The first kappa shape index (κ1) is 10.2. The Labute approximate surface area is 148 Å². The van der Waals surface area contributed by atoms with Gasteiger partial charge in [0.15, 0.2) is 0 Å². The Hall–Kier alpha value is -1.63. The third-order valence-electron chi connectivity index (χ3n) is 2.39. The van der Waals surface area contributed by atoms with Crippen LogP contribution in [-0.2, 0) is 4.79 Å². The van der Waals surface area contributed by atoms with Crippen molar-refractivity contribution in [2.45, 2.75) is 65.0 Å². The van der Waals surface area contributed by atoms with Crippen LogP contribution in [0.2, 0.25) is 0 Å². The molecule has 0 saturated carbocycles. The second kappa shape index (κ2) is 17.4. The number of ketones is 1. The molecular formula is C21H32O. The predicted molar refractivity (Wildman–Crippen MR) is 99.0 cm³/mol. The molecule has 0 amide bonds. The van der Waals surface area contributed by atoms with Crippen LogP contribution < -0.4 is 0 Å². The summed E-state index contributed by atoms with van der Waals surface area (Å²) in [6.07, 6.45) is 6.52. The molecule has 0 N–H and O–H groups in total. The van der Waals surface area contributed by atoms with Crippen LogP contribution in [0, 0.1) is 0 Å². The fourth-order valence-electron chi connectivity index (χ4n) is 1.32. The van der Waals surface area contributed by atoms with Gasteiger partial charge < -0.3 is 4.79 Å². The molecule has 0 atom stereocenters. The number of hydrogen-bond acceptors (Lipinski definition) is 1. The monoisotopic (exact) mass is 308 g/mol. The van der Waals surface area contributed by atoms with Gasteiger partial charge in [0.05, 0.1) is 0 Å². The summed E-state index contributed by atoms with van der Waals surface area (Å²) >= 11 is 0. The predicted octanol–water partition coefficient (Wildman–Crippen LogP) is 6.50. The van der Waals surface area contributed by atoms with Crippen molar-refractivity contribution < 1.29 is 15.8 Å². The topological polar surface area (TPSA) is 17.1 Å². The van der Waals surface area contributed by atoms with Crippen LogP contribution >= 0.6 is 0 Å². The van der Waals surface area contributed by atoms with Crippen molar-refractivity contribution in [1.82, 2.24) is 0 Å². The molecule has 122 valence electrons. The summed E-state index contributed by atoms with van der Waals surface area (Å²) in [7, 11) is 0. The molecule has 0 unspecified atom stereocenters. The quantitative estimate of drug-likeness (QED) is 0.280. The third-order valence-corrected chi connectivity index (χ3v) is 2.39. The maximum Gasteiger partial charge on any atom is 0.129 e. The zero-order chi connectivity index (χ0) is 23.5. The van der Waals surface area contributed by atoms with E-state index in [2.05, 4.69) is 0 Å². The van der Waals surface area contributed by atoms with Crippen LogP contribution in [-0.4, -0.2) is 5.78 Å². The molecule has 1 heteroatoms. The van der Waals surface area contributed by atoms with E-state index in [4.69, 9.17) is 11.0 Å². The van der Waals surface area contributed by atoms with E-state index < -0.39 is 25.5 Å². The molecule has 0 heterocycles. The van der Waals surface area contributed by atoms with Gasteiger partial charge in [-0.3, -0.25) is 0 Å². The lowest BCUT2D eigenvalue weighted by Gasteiger charge is -1.90. The number of carbonyl (C=O) groups excluding carboxylic acids is 1. The smallest absolute Gasteiger partial charge is 0.129 e. The van der Waals surface area contributed by atoms with E-state index in [0.29, 0.717) is 25.7 Å². The number of hydrogen-bond donors (Lipinski definition) is 0. The minimum absolute atomic E-state index is 0.0783. The van der Waals surface area contributed by atoms with Gasteiger partial charge >= 0.3 is 0 Å². The second-order valence-corrected chi connectivity index (χ2v) is 4.47. The Morgan fingerprint density at radius 3 is 1.59 bits per heavy atom. The summed E-state index contributed by atoms with van der Waals surface area (Å²) in [5.41, 5.74) is 0. The van der Waals surface area contributed by atoms with Gasteiger partial charge in [-0.25, -0.2) is 0 Å². The van der Waals surface area contributed by atoms with Crippen LogP contribution in [0.1, 0.15) is 76.0 Å². The standard InChI is InChI=1S/C21H32O/c1-3-4-5-6-7-8-9-10-11-12-13-14-15-16-17-18-19-20-21(2)22/h4-5,7-8,10-11,13-14,16-17H,3,6,9,12,15,18-20H2,1-2H3/b5-4-,8-7-,11-10-,14-13-,17-16-/i6D2,9D2,12D2,15D2. The van der Waals surface area contributed by atoms with Crippen LogP contribution in [0.3, 0.4) is 0 Å². The largest absolute Gasteiger partial charge is 0.300 e. The van der Waals surface area contributed by atoms with E-state index in [1.54, 1.807) is 12.2 Å². The number of allylic oxidation sites excluding steroid dienone is 10. The first-order chi connectivity index (χ1) is 13.6. The normalized spacial score (nSPS) is 20.8. The number of carbonyl (C=O) groups is 1. The molecule has 0 saturated heterocycles. The van der Waals surface area contributed by atoms with Crippen molar-refractivity contribution in [3.8, 4) is 0 Å². The molecule has 0 aliphatic rings. The van der Waals surface area contributed by atoms with E-state index in [9.17, 15) is 4.79 Å². The van der Waals surface area contributed by atoms with Crippen LogP contribution in [0.15, 0.2) is 60.8 Å². The van der Waals surface area contributed by atoms with Crippen molar-refractivity contribution in [3.63, 3.8) is 0 Å². The van der Waals surface area contributed by atoms with E-state index in [1.807, 2.05) is 6.92 Å². The summed E-state index contributed by atoms with van der Waals surface area (Å²) in [5.74, 6) is 0.0783. The van der Waals surface area contributed by atoms with Gasteiger partial charge in [-0.2, -0.15) is 0 Å². The van der Waals surface area contributed by atoms with E-state index >= 15 is 0 Å². The van der Waals surface area contributed by atoms with Crippen molar-refractivity contribution >= 4 is 5.78 Å². The average molecular weight is 309 g/mol. The maximum absolute atomic E-state index is 10.9.